The maximum atomic E-state index is 13.3. The quantitative estimate of drug-likeness (QED) is 0.848. The lowest BCUT2D eigenvalue weighted by molar-refractivity contribution is 0.636. The standard InChI is InChI=1S/C10H10FNS2/c1-12-6-9-7(2-4-13-9)10-8(11)3-5-14-10/h2-5,12H,6H2,1H3. The maximum Gasteiger partial charge on any atom is 0.141 e. The first-order chi connectivity index (χ1) is 6.83. The molecule has 0 spiro atoms. The third-order valence-corrected chi connectivity index (χ3v) is 3.79. The van der Waals surface area contributed by atoms with E-state index in [1.807, 2.05) is 18.5 Å². The molecular weight excluding hydrogens is 217 g/mol. The first-order valence-electron chi connectivity index (χ1n) is 4.27. The third kappa shape index (κ3) is 1.73. The Morgan fingerprint density at radius 3 is 2.71 bits per heavy atom. The van der Waals surface area contributed by atoms with Gasteiger partial charge in [0.15, 0.2) is 0 Å². The van der Waals surface area contributed by atoms with E-state index < -0.39 is 0 Å². The van der Waals surface area contributed by atoms with Gasteiger partial charge in [0, 0.05) is 17.0 Å². The van der Waals surface area contributed by atoms with E-state index in [1.54, 1.807) is 16.7 Å². The molecule has 0 bridgehead atoms. The van der Waals surface area contributed by atoms with Crippen molar-refractivity contribution in [2.24, 2.45) is 0 Å². The number of halogens is 1. The molecule has 4 heteroatoms. The van der Waals surface area contributed by atoms with Gasteiger partial charge in [-0.05, 0) is 29.9 Å². The molecule has 2 aromatic rings. The van der Waals surface area contributed by atoms with Gasteiger partial charge in [-0.25, -0.2) is 4.39 Å². The average Bonchev–Trinajstić information content (AvgIpc) is 2.74. The molecule has 2 rings (SSSR count). The Bertz CT molecular complexity index is 419. The van der Waals surface area contributed by atoms with Crippen molar-refractivity contribution in [3.05, 3.63) is 33.6 Å². The van der Waals surface area contributed by atoms with Gasteiger partial charge in [-0.1, -0.05) is 0 Å². The second kappa shape index (κ2) is 4.21. The summed E-state index contributed by atoms with van der Waals surface area (Å²) in [6.45, 7) is 0.796. The second-order valence-corrected chi connectivity index (χ2v) is 4.80. The summed E-state index contributed by atoms with van der Waals surface area (Å²) in [6.07, 6.45) is 0. The Kier molecular flexibility index (Phi) is 2.96. The smallest absolute Gasteiger partial charge is 0.141 e. The highest BCUT2D eigenvalue weighted by Gasteiger charge is 2.11. The van der Waals surface area contributed by atoms with Crippen LogP contribution in [0.2, 0.25) is 0 Å². The van der Waals surface area contributed by atoms with Crippen LogP contribution in [0.3, 0.4) is 0 Å². The van der Waals surface area contributed by atoms with Crippen LogP contribution in [-0.4, -0.2) is 7.05 Å². The molecule has 0 aliphatic carbocycles. The lowest BCUT2D eigenvalue weighted by Crippen LogP contribution is -2.03. The molecule has 0 fully saturated rings. The largest absolute Gasteiger partial charge is 0.315 e. The van der Waals surface area contributed by atoms with Crippen molar-refractivity contribution in [3.8, 4) is 10.4 Å². The van der Waals surface area contributed by atoms with Crippen LogP contribution < -0.4 is 5.32 Å². The van der Waals surface area contributed by atoms with Crippen LogP contribution in [-0.2, 0) is 6.54 Å². The van der Waals surface area contributed by atoms with Gasteiger partial charge in [0.2, 0.25) is 0 Å². The van der Waals surface area contributed by atoms with E-state index in [0.717, 1.165) is 17.0 Å². The molecule has 74 valence electrons. The number of nitrogens with one attached hydrogen (secondary N) is 1. The van der Waals surface area contributed by atoms with Crippen LogP contribution in [0, 0.1) is 5.82 Å². The SMILES string of the molecule is CNCc1sccc1-c1sccc1F. The molecule has 1 N–H and O–H groups in total. The van der Waals surface area contributed by atoms with Gasteiger partial charge in [0.05, 0.1) is 4.88 Å². The van der Waals surface area contributed by atoms with Crippen LogP contribution in [0.4, 0.5) is 4.39 Å². The zero-order valence-corrected chi connectivity index (χ0v) is 9.34. The lowest BCUT2D eigenvalue weighted by atomic mass is 10.2. The fraction of sp³-hybridized carbons (Fsp3) is 0.200. The van der Waals surface area contributed by atoms with Gasteiger partial charge < -0.3 is 5.32 Å². The molecular formula is C10H10FNS2. The molecule has 1 nitrogen and oxygen atoms in total. The van der Waals surface area contributed by atoms with Crippen molar-refractivity contribution in [1.82, 2.24) is 5.32 Å². The van der Waals surface area contributed by atoms with E-state index in [2.05, 4.69) is 5.32 Å². The minimum atomic E-state index is -0.120. The molecule has 0 aliphatic rings. The summed E-state index contributed by atoms with van der Waals surface area (Å²) in [5, 5.41) is 6.87. The van der Waals surface area contributed by atoms with E-state index in [1.165, 1.54) is 22.3 Å². The van der Waals surface area contributed by atoms with Gasteiger partial charge >= 0.3 is 0 Å². The monoisotopic (exact) mass is 227 g/mol. The Morgan fingerprint density at radius 2 is 2.07 bits per heavy atom. The molecule has 0 saturated carbocycles. The minimum absolute atomic E-state index is 0.120. The predicted molar refractivity (Wildman–Crippen MR) is 60.4 cm³/mol. The first kappa shape index (κ1) is 9.83. The van der Waals surface area contributed by atoms with Gasteiger partial charge in [0.25, 0.3) is 0 Å². The zero-order valence-electron chi connectivity index (χ0n) is 7.71. The van der Waals surface area contributed by atoms with Crippen molar-refractivity contribution >= 4 is 22.7 Å². The fourth-order valence-electron chi connectivity index (χ4n) is 1.33. The normalized spacial score (nSPS) is 10.7. The molecule has 2 heterocycles. The van der Waals surface area contributed by atoms with Crippen LogP contribution in [0.15, 0.2) is 22.9 Å². The van der Waals surface area contributed by atoms with Crippen molar-refractivity contribution in [1.29, 1.82) is 0 Å². The van der Waals surface area contributed by atoms with Gasteiger partial charge in [-0.3, -0.25) is 0 Å². The maximum absolute atomic E-state index is 13.3. The Morgan fingerprint density at radius 1 is 1.29 bits per heavy atom. The highest BCUT2D eigenvalue weighted by Crippen LogP contribution is 2.33. The average molecular weight is 227 g/mol. The summed E-state index contributed by atoms with van der Waals surface area (Å²) < 4.78 is 13.3. The zero-order chi connectivity index (χ0) is 9.97. The fourth-order valence-corrected chi connectivity index (χ4v) is 3.11. The molecule has 0 aromatic carbocycles. The molecule has 0 radical (unpaired) electrons. The summed E-state index contributed by atoms with van der Waals surface area (Å²) in [6, 6.07) is 3.49. The van der Waals surface area contributed by atoms with Crippen LogP contribution in [0.1, 0.15) is 4.88 Å². The van der Waals surface area contributed by atoms with E-state index in [-0.39, 0.29) is 5.82 Å². The van der Waals surface area contributed by atoms with Gasteiger partial charge in [-0.15, -0.1) is 22.7 Å². The summed E-state index contributed by atoms with van der Waals surface area (Å²) in [4.78, 5) is 1.94. The Hall–Kier alpha value is -0.710. The predicted octanol–water partition coefficient (Wildman–Crippen LogP) is 3.34. The molecule has 0 unspecified atom stereocenters. The number of rotatable bonds is 3. The van der Waals surface area contributed by atoms with E-state index in [0.29, 0.717) is 0 Å². The van der Waals surface area contributed by atoms with Crippen molar-refractivity contribution < 1.29 is 4.39 Å². The highest BCUT2D eigenvalue weighted by atomic mass is 32.1. The molecule has 0 atom stereocenters. The molecule has 0 amide bonds. The Labute approximate surface area is 90.2 Å². The van der Waals surface area contributed by atoms with Crippen molar-refractivity contribution in [2.75, 3.05) is 7.05 Å². The topological polar surface area (TPSA) is 12.0 Å². The van der Waals surface area contributed by atoms with Crippen LogP contribution in [0.25, 0.3) is 10.4 Å². The lowest BCUT2D eigenvalue weighted by Gasteiger charge is -2.00. The molecule has 14 heavy (non-hydrogen) atoms. The summed E-state index contributed by atoms with van der Waals surface area (Å²) >= 11 is 3.11. The van der Waals surface area contributed by atoms with Gasteiger partial charge in [0.1, 0.15) is 5.82 Å². The summed E-state index contributed by atoms with van der Waals surface area (Å²) in [7, 11) is 1.90. The molecule has 0 saturated heterocycles. The van der Waals surface area contributed by atoms with Crippen LogP contribution >= 0.6 is 22.7 Å². The van der Waals surface area contributed by atoms with E-state index in [4.69, 9.17) is 0 Å². The van der Waals surface area contributed by atoms with E-state index in [9.17, 15) is 4.39 Å². The number of hydrogen-bond acceptors (Lipinski definition) is 3. The van der Waals surface area contributed by atoms with Crippen LogP contribution in [0.5, 0.6) is 0 Å². The van der Waals surface area contributed by atoms with Crippen molar-refractivity contribution in [2.45, 2.75) is 6.54 Å². The third-order valence-electron chi connectivity index (χ3n) is 1.94. The molecule has 2 aromatic heterocycles. The van der Waals surface area contributed by atoms with Crippen molar-refractivity contribution in [3.63, 3.8) is 0 Å². The highest BCUT2D eigenvalue weighted by molar-refractivity contribution is 7.14. The number of thiophene rings is 2. The second-order valence-electron chi connectivity index (χ2n) is 2.89. The summed E-state index contributed by atoms with van der Waals surface area (Å²) in [5.41, 5.74) is 1.02. The Balaban J connectivity index is 2.41. The number of hydrogen-bond donors (Lipinski definition) is 1. The molecule has 0 aliphatic heterocycles. The summed E-state index contributed by atoms with van der Waals surface area (Å²) in [5.74, 6) is -0.120. The minimum Gasteiger partial charge on any atom is -0.315 e. The first-order valence-corrected chi connectivity index (χ1v) is 6.03. The van der Waals surface area contributed by atoms with Gasteiger partial charge in [-0.2, -0.15) is 0 Å². The van der Waals surface area contributed by atoms with E-state index >= 15 is 0 Å².